The maximum Gasteiger partial charge on any atom is 0.254 e. The third-order valence-corrected chi connectivity index (χ3v) is 5.71. The first-order valence-electron chi connectivity index (χ1n) is 10.6. The molecule has 0 fully saturated rings. The highest BCUT2D eigenvalue weighted by Crippen LogP contribution is 2.29. The average Bonchev–Trinajstić information content (AvgIpc) is 3.30. The van der Waals surface area contributed by atoms with Crippen LogP contribution in [0.5, 0.6) is 5.75 Å². The Balaban J connectivity index is 1.77. The van der Waals surface area contributed by atoms with Gasteiger partial charge in [0.1, 0.15) is 5.75 Å². The molecule has 1 aromatic carbocycles. The number of benzene rings is 1. The molecule has 32 heavy (non-hydrogen) atoms. The van der Waals surface area contributed by atoms with Crippen molar-refractivity contribution < 1.29 is 9.53 Å². The van der Waals surface area contributed by atoms with Crippen molar-refractivity contribution in [2.75, 3.05) is 14.2 Å². The van der Waals surface area contributed by atoms with Crippen molar-refractivity contribution in [3.63, 3.8) is 0 Å². The first-order chi connectivity index (χ1) is 15.3. The molecule has 0 saturated carbocycles. The van der Waals surface area contributed by atoms with Crippen molar-refractivity contribution in [2.24, 2.45) is 7.05 Å². The molecule has 3 aromatic heterocycles. The van der Waals surface area contributed by atoms with Gasteiger partial charge in [0.2, 0.25) is 0 Å². The second-order valence-corrected chi connectivity index (χ2v) is 7.95. The van der Waals surface area contributed by atoms with E-state index in [9.17, 15) is 4.79 Å². The zero-order valence-corrected chi connectivity index (χ0v) is 19.4. The van der Waals surface area contributed by atoms with E-state index in [1.807, 2.05) is 76.1 Å². The fourth-order valence-corrected chi connectivity index (χ4v) is 3.93. The van der Waals surface area contributed by atoms with E-state index in [1.54, 1.807) is 16.7 Å². The predicted octanol–water partition coefficient (Wildman–Crippen LogP) is 3.75. The number of aromatic nitrogens is 5. The van der Waals surface area contributed by atoms with E-state index < -0.39 is 0 Å². The largest absolute Gasteiger partial charge is 0.497 e. The number of pyridine rings is 1. The molecule has 3 heterocycles. The number of carbonyl (C=O) groups is 1. The third kappa shape index (κ3) is 3.84. The van der Waals surface area contributed by atoms with Crippen molar-refractivity contribution in [1.82, 2.24) is 29.4 Å². The number of hydrogen-bond acceptors (Lipinski definition) is 5. The lowest BCUT2D eigenvalue weighted by Gasteiger charge is -2.18. The molecule has 0 radical (unpaired) electrons. The molecule has 166 valence electrons. The molecule has 0 saturated heterocycles. The van der Waals surface area contributed by atoms with Crippen molar-refractivity contribution in [3.05, 3.63) is 59.0 Å². The summed E-state index contributed by atoms with van der Waals surface area (Å²) < 4.78 is 8.88. The van der Waals surface area contributed by atoms with Crippen LogP contribution in [0.2, 0.25) is 0 Å². The molecular formula is C24H28N6O2. The molecule has 0 aliphatic rings. The summed E-state index contributed by atoms with van der Waals surface area (Å²) in [6, 6.07) is 9.52. The van der Waals surface area contributed by atoms with E-state index in [1.165, 1.54) is 0 Å². The van der Waals surface area contributed by atoms with Gasteiger partial charge in [-0.3, -0.25) is 14.2 Å². The lowest BCUT2D eigenvalue weighted by molar-refractivity contribution is 0.0786. The van der Waals surface area contributed by atoms with Gasteiger partial charge in [-0.25, -0.2) is 4.98 Å². The second kappa shape index (κ2) is 8.45. The van der Waals surface area contributed by atoms with E-state index in [0.29, 0.717) is 17.8 Å². The first kappa shape index (κ1) is 21.5. The zero-order chi connectivity index (χ0) is 23.0. The van der Waals surface area contributed by atoms with E-state index in [4.69, 9.17) is 9.72 Å². The van der Waals surface area contributed by atoms with Crippen LogP contribution in [0.3, 0.4) is 0 Å². The first-order valence-corrected chi connectivity index (χ1v) is 10.6. The van der Waals surface area contributed by atoms with Crippen LogP contribution in [-0.4, -0.2) is 49.5 Å². The topological polar surface area (TPSA) is 78.1 Å². The van der Waals surface area contributed by atoms with Gasteiger partial charge in [0.25, 0.3) is 5.91 Å². The minimum atomic E-state index is -0.0769. The van der Waals surface area contributed by atoms with Crippen LogP contribution in [0.15, 0.2) is 36.5 Å². The molecule has 0 atom stereocenters. The van der Waals surface area contributed by atoms with Gasteiger partial charge in [-0.2, -0.15) is 10.2 Å². The maximum atomic E-state index is 13.6. The summed E-state index contributed by atoms with van der Waals surface area (Å²) >= 11 is 0. The summed E-state index contributed by atoms with van der Waals surface area (Å²) in [6.07, 6.45) is 2.00. The van der Waals surface area contributed by atoms with Crippen LogP contribution in [-0.2, 0) is 20.1 Å². The second-order valence-electron chi connectivity index (χ2n) is 7.95. The summed E-state index contributed by atoms with van der Waals surface area (Å²) in [5.41, 5.74) is 5.65. The number of hydrogen-bond donors (Lipinski definition) is 0. The van der Waals surface area contributed by atoms with Gasteiger partial charge in [0.15, 0.2) is 5.65 Å². The van der Waals surface area contributed by atoms with Gasteiger partial charge >= 0.3 is 0 Å². The average molecular weight is 433 g/mol. The van der Waals surface area contributed by atoms with Gasteiger partial charge < -0.3 is 9.64 Å². The predicted molar refractivity (Wildman–Crippen MR) is 124 cm³/mol. The number of nitrogens with zero attached hydrogens (tertiary/aromatic N) is 6. The molecule has 4 aromatic rings. The molecule has 8 nitrogen and oxygen atoms in total. The Labute approximate surface area is 187 Å². The monoisotopic (exact) mass is 432 g/mol. The quantitative estimate of drug-likeness (QED) is 0.464. The highest BCUT2D eigenvalue weighted by molar-refractivity contribution is 6.07. The molecule has 0 aliphatic heterocycles. The normalized spacial score (nSPS) is 11.2. The number of aryl methyl sites for hydroxylation is 4. The van der Waals surface area contributed by atoms with Gasteiger partial charge in [-0.15, -0.1) is 0 Å². The molecule has 0 aliphatic carbocycles. The Kier molecular flexibility index (Phi) is 5.69. The Bertz CT molecular complexity index is 1290. The number of methoxy groups -OCH3 is 1. The molecule has 1 amide bonds. The SMILES string of the molecule is CCn1cc(CN(C)C(=O)c2cc(-c3ccc(OC)cc3)nc3c2c(C)nn3C)c(C)n1. The van der Waals surface area contributed by atoms with Crippen LogP contribution >= 0.6 is 0 Å². The highest BCUT2D eigenvalue weighted by Gasteiger charge is 2.22. The molecule has 8 heteroatoms. The Morgan fingerprint density at radius 1 is 1.12 bits per heavy atom. The summed E-state index contributed by atoms with van der Waals surface area (Å²) in [4.78, 5) is 20.1. The molecule has 0 spiro atoms. The van der Waals surface area contributed by atoms with E-state index in [-0.39, 0.29) is 5.91 Å². The number of rotatable bonds is 6. The molecule has 4 rings (SSSR count). The van der Waals surface area contributed by atoms with E-state index in [2.05, 4.69) is 10.2 Å². The zero-order valence-electron chi connectivity index (χ0n) is 19.4. The minimum Gasteiger partial charge on any atom is -0.497 e. The van der Waals surface area contributed by atoms with Crippen molar-refractivity contribution in [1.29, 1.82) is 0 Å². The maximum absolute atomic E-state index is 13.6. The Hall–Kier alpha value is -3.68. The third-order valence-electron chi connectivity index (χ3n) is 5.71. The van der Waals surface area contributed by atoms with E-state index in [0.717, 1.165) is 45.9 Å². The van der Waals surface area contributed by atoms with E-state index >= 15 is 0 Å². The summed E-state index contributed by atoms with van der Waals surface area (Å²) in [5.74, 6) is 0.692. The van der Waals surface area contributed by atoms with Crippen LogP contribution in [0.4, 0.5) is 0 Å². The van der Waals surface area contributed by atoms with Crippen LogP contribution in [0.25, 0.3) is 22.3 Å². The van der Waals surface area contributed by atoms with Crippen LogP contribution in [0.1, 0.15) is 34.2 Å². The minimum absolute atomic E-state index is 0.0769. The van der Waals surface area contributed by atoms with Crippen molar-refractivity contribution in [3.8, 4) is 17.0 Å². The fraction of sp³-hybridized carbons (Fsp3) is 0.333. The number of carbonyl (C=O) groups excluding carboxylic acids is 1. The molecular weight excluding hydrogens is 404 g/mol. The Morgan fingerprint density at radius 3 is 2.47 bits per heavy atom. The molecule has 0 bridgehead atoms. The van der Waals surface area contributed by atoms with Gasteiger partial charge in [-0.1, -0.05) is 0 Å². The molecule has 0 unspecified atom stereocenters. The van der Waals surface area contributed by atoms with Crippen molar-refractivity contribution in [2.45, 2.75) is 33.9 Å². The van der Waals surface area contributed by atoms with Crippen molar-refractivity contribution >= 4 is 16.9 Å². The smallest absolute Gasteiger partial charge is 0.254 e. The number of ether oxygens (including phenoxy) is 1. The standard InChI is InChI=1S/C24H28N6O2/c1-7-30-14-18(15(2)27-30)13-28(4)24(31)20-12-21(17-8-10-19(32-6)11-9-17)25-23-22(20)16(3)26-29(23)5/h8-12,14H,7,13H2,1-6H3. The lowest BCUT2D eigenvalue weighted by atomic mass is 10.0. The van der Waals surface area contributed by atoms with Crippen LogP contribution < -0.4 is 4.74 Å². The summed E-state index contributed by atoms with van der Waals surface area (Å²) in [6.45, 7) is 7.20. The fourth-order valence-electron chi connectivity index (χ4n) is 3.93. The molecule has 0 N–H and O–H groups in total. The van der Waals surface area contributed by atoms with Gasteiger partial charge in [-0.05, 0) is 51.1 Å². The number of amides is 1. The van der Waals surface area contributed by atoms with Gasteiger partial charge in [0.05, 0.1) is 35.1 Å². The summed E-state index contributed by atoms with van der Waals surface area (Å²) in [7, 11) is 5.30. The summed E-state index contributed by atoms with van der Waals surface area (Å²) in [5, 5.41) is 9.79. The van der Waals surface area contributed by atoms with Gasteiger partial charge in [0, 0.05) is 44.5 Å². The number of fused-ring (bicyclic) bond motifs is 1. The van der Waals surface area contributed by atoms with Crippen LogP contribution in [0, 0.1) is 13.8 Å². The lowest BCUT2D eigenvalue weighted by Crippen LogP contribution is -2.26. The highest BCUT2D eigenvalue weighted by atomic mass is 16.5. The Morgan fingerprint density at radius 2 is 1.84 bits per heavy atom.